The molecule has 4 heteroatoms. The number of Topliss-reactive ketones (excluding diaryl/α,β-unsaturated/α-hetero) is 1. The van der Waals surface area contributed by atoms with E-state index in [2.05, 4.69) is 0 Å². The lowest BCUT2D eigenvalue weighted by molar-refractivity contribution is -0.142. The van der Waals surface area contributed by atoms with Crippen LogP contribution in [-0.4, -0.2) is 16.9 Å². The third-order valence-electron chi connectivity index (χ3n) is 3.57. The maximum Gasteiger partial charge on any atom is 0.306 e. The molecule has 0 unspecified atom stereocenters. The van der Waals surface area contributed by atoms with Gasteiger partial charge in [0, 0.05) is 12.0 Å². The van der Waals surface area contributed by atoms with Gasteiger partial charge in [0.25, 0.3) is 0 Å². The molecule has 0 spiro atoms. The van der Waals surface area contributed by atoms with Crippen molar-refractivity contribution in [3.05, 3.63) is 35.6 Å². The second kappa shape index (κ2) is 5.29. The molecule has 0 heterocycles. The van der Waals surface area contributed by atoms with Crippen LogP contribution in [-0.2, 0) is 4.79 Å². The van der Waals surface area contributed by atoms with Crippen molar-refractivity contribution >= 4 is 11.8 Å². The molecule has 2 rings (SSSR count). The van der Waals surface area contributed by atoms with Crippen molar-refractivity contribution in [3.63, 3.8) is 0 Å². The minimum Gasteiger partial charge on any atom is -0.481 e. The number of aliphatic carboxylic acids is 1. The Kier molecular flexibility index (Phi) is 3.75. The minimum atomic E-state index is -0.829. The van der Waals surface area contributed by atoms with Crippen LogP contribution in [0.2, 0.25) is 0 Å². The molecule has 18 heavy (non-hydrogen) atoms. The van der Waals surface area contributed by atoms with Crippen LogP contribution >= 0.6 is 0 Å². The van der Waals surface area contributed by atoms with Crippen LogP contribution in [0.4, 0.5) is 4.39 Å². The Balaban J connectivity index is 2.05. The molecule has 1 aliphatic rings. The number of carboxylic acid groups (broad SMARTS) is 1. The summed E-state index contributed by atoms with van der Waals surface area (Å²) in [5.74, 6) is -1.99. The van der Waals surface area contributed by atoms with Gasteiger partial charge in [0.05, 0.1) is 5.92 Å². The van der Waals surface area contributed by atoms with E-state index in [1.165, 1.54) is 18.2 Å². The molecule has 1 saturated carbocycles. The fourth-order valence-electron chi connectivity index (χ4n) is 2.62. The Morgan fingerprint density at radius 2 is 2.11 bits per heavy atom. The van der Waals surface area contributed by atoms with Crippen LogP contribution in [0.25, 0.3) is 0 Å². The van der Waals surface area contributed by atoms with Crippen LogP contribution in [0.5, 0.6) is 0 Å². The van der Waals surface area contributed by atoms with Crippen LogP contribution < -0.4 is 0 Å². The van der Waals surface area contributed by atoms with Crippen LogP contribution in [0.15, 0.2) is 24.3 Å². The van der Waals surface area contributed by atoms with Crippen molar-refractivity contribution < 1.29 is 19.1 Å². The fourth-order valence-corrected chi connectivity index (χ4v) is 2.62. The third-order valence-corrected chi connectivity index (χ3v) is 3.57. The predicted molar refractivity (Wildman–Crippen MR) is 63.8 cm³/mol. The summed E-state index contributed by atoms with van der Waals surface area (Å²) >= 11 is 0. The Labute approximate surface area is 105 Å². The summed E-state index contributed by atoms with van der Waals surface area (Å²) in [4.78, 5) is 23.0. The number of carboxylic acids is 1. The van der Waals surface area contributed by atoms with E-state index in [9.17, 15) is 14.0 Å². The molecule has 0 aromatic heterocycles. The number of hydrogen-bond acceptors (Lipinski definition) is 2. The first-order chi connectivity index (χ1) is 8.58. The molecule has 1 aromatic rings. The van der Waals surface area contributed by atoms with Gasteiger partial charge < -0.3 is 5.11 Å². The molecule has 1 aliphatic carbocycles. The van der Waals surface area contributed by atoms with E-state index < -0.39 is 17.7 Å². The molecule has 1 fully saturated rings. The smallest absolute Gasteiger partial charge is 0.306 e. The number of carbonyl (C=O) groups excluding carboxylic acids is 1. The summed E-state index contributed by atoms with van der Waals surface area (Å²) in [5.41, 5.74) is 0.325. The summed E-state index contributed by atoms with van der Waals surface area (Å²) < 4.78 is 13.0. The molecule has 0 bridgehead atoms. The standard InChI is InChI=1S/C14H15FO3/c15-11-5-1-4-10(7-11)13(16)8-9-3-2-6-12(9)14(17)18/h1,4-5,7,9,12H,2-3,6,8H2,(H,17,18)/t9-,12+/m1/s1. The van der Waals surface area contributed by atoms with E-state index in [0.717, 1.165) is 12.8 Å². The van der Waals surface area contributed by atoms with Gasteiger partial charge in [-0.05, 0) is 30.9 Å². The maximum atomic E-state index is 13.0. The molecule has 1 aromatic carbocycles. The zero-order valence-corrected chi connectivity index (χ0v) is 9.93. The van der Waals surface area contributed by atoms with Crippen molar-refractivity contribution in [1.82, 2.24) is 0 Å². The lowest BCUT2D eigenvalue weighted by atomic mass is 9.89. The number of rotatable bonds is 4. The summed E-state index contributed by atoms with van der Waals surface area (Å²) in [6.45, 7) is 0. The maximum absolute atomic E-state index is 13.0. The quantitative estimate of drug-likeness (QED) is 0.836. The van der Waals surface area contributed by atoms with Gasteiger partial charge >= 0.3 is 5.97 Å². The number of hydrogen-bond donors (Lipinski definition) is 1. The fraction of sp³-hybridized carbons (Fsp3) is 0.429. The second-order valence-corrected chi connectivity index (χ2v) is 4.77. The van der Waals surface area contributed by atoms with Crippen LogP contribution in [0.3, 0.4) is 0 Å². The Hall–Kier alpha value is -1.71. The number of carbonyl (C=O) groups is 2. The summed E-state index contributed by atoms with van der Waals surface area (Å²) in [6, 6.07) is 5.54. The van der Waals surface area contributed by atoms with E-state index in [-0.39, 0.29) is 18.1 Å². The average molecular weight is 250 g/mol. The Morgan fingerprint density at radius 3 is 2.78 bits per heavy atom. The van der Waals surface area contributed by atoms with Crippen molar-refractivity contribution in [3.8, 4) is 0 Å². The Bertz CT molecular complexity index is 470. The zero-order chi connectivity index (χ0) is 13.1. The zero-order valence-electron chi connectivity index (χ0n) is 9.93. The van der Waals surface area contributed by atoms with Gasteiger partial charge in [-0.15, -0.1) is 0 Å². The van der Waals surface area contributed by atoms with Gasteiger partial charge in [-0.25, -0.2) is 4.39 Å². The lowest BCUT2D eigenvalue weighted by Gasteiger charge is -2.14. The topological polar surface area (TPSA) is 54.4 Å². The highest BCUT2D eigenvalue weighted by molar-refractivity contribution is 5.96. The monoisotopic (exact) mass is 250 g/mol. The number of benzene rings is 1. The number of ketones is 1. The van der Waals surface area contributed by atoms with Gasteiger partial charge in [-0.1, -0.05) is 18.6 Å². The van der Waals surface area contributed by atoms with Gasteiger partial charge in [0.1, 0.15) is 5.82 Å². The second-order valence-electron chi connectivity index (χ2n) is 4.77. The molecule has 1 N–H and O–H groups in total. The van der Waals surface area contributed by atoms with Crippen LogP contribution in [0, 0.1) is 17.7 Å². The van der Waals surface area contributed by atoms with E-state index in [0.29, 0.717) is 12.0 Å². The lowest BCUT2D eigenvalue weighted by Crippen LogP contribution is -2.20. The van der Waals surface area contributed by atoms with E-state index in [1.807, 2.05) is 0 Å². The summed E-state index contributed by atoms with van der Waals surface area (Å²) in [5, 5.41) is 9.04. The first-order valence-electron chi connectivity index (χ1n) is 6.09. The molecular weight excluding hydrogens is 235 g/mol. The SMILES string of the molecule is O=C(C[C@H]1CCC[C@@H]1C(=O)O)c1cccc(F)c1. The first kappa shape index (κ1) is 12.7. The van der Waals surface area contributed by atoms with Crippen molar-refractivity contribution in [2.45, 2.75) is 25.7 Å². The summed E-state index contributed by atoms with van der Waals surface area (Å²) in [6.07, 6.45) is 2.44. The molecule has 96 valence electrons. The molecule has 0 amide bonds. The van der Waals surface area contributed by atoms with Gasteiger partial charge in [0.2, 0.25) is 0 Å². The molecule has 3 nitrogen and oxygen atoms in total. The van der Waals surface area contributed by atoms with Crippen molar-refractivity contribution in [2.75, 3.05) is 0 Å². The van der Waals surface area contributed by atoms with Gasteiger partial charge in [-0.2, -0.15) is 0 Å². The highest BCUT2D eigenvalue weighted by Crippen LogP contribution is 2.35. The largest absolute Gasteiger partial charge is 0.481 e. The summed E-state index contributed by atoms with van der Waals surface area (Å²) in [7, 11) is 0. The van der Waals surface area contributed by atoms with E-state index in [4.69, 9.17) is 5.11 Å². The highest BCUT2D eigenvalue weighted by atomic mass is 19.1. The average Bonchev–Trinajstić information content (AvgIpc) is 2.77. The van der Waals surface area contributed by atoms with Gasteiger partial charge in [0.15, 0.2) is 5.78 Å². The third kappa shape index (κ3) is 2.75. The normalized spacial score (nSPS) is 22.9. The van der Waals surface area contributed by atoms with Crippen LogP contribution in [0.1, 0.15) is 36.0 Å². The van der Waals surface area contributed by atoms with E-state index >= 15 is 0 Å². The molecule has 0 saturated heterocycles. The highest BCUT2D eigenvalue weighted by Gasteiger charge is 2.34. The molecule has 2 atom stereocenters. The van der Waals surface area contributed by atoms with Crippen molar-refractivity contribution in [1.29, 1.82) is 0 Å². The molecule has 0 radical (unpaired) electrons. The molecule has 0 aliphatic heterocycles. The number of halogens is 1. The first-order valence-corrected chi connectivity index (χ1v) is 6.09. The van der Waals surface area contributed by atoms with Crippen molar-refractivity contribution in [2.24, 2.45) is 11.8 Å². The molecular formula is C14H15FO3. The Morgan fingerprint density at radius 1 is 1.33 bits per heavy atom. The van der Waals surface area contributed by atoms with Gasteiger partial charge in [-0.3, -0.25) is 9.59 Å². The minimum absolute atomic E-state index is 0.113. The predicted octanol–water partition coefficient (Wildman–Crippen LogP) is 2.90. The van der Waals surface area contributed by atoms with E-state index in [1.54, 1.807) is 6.07 Å².